The van der Waals surface area contributed by atoms with Gasteiger partial charge in [0.25, 0.3) is 0 Å². The van der Waals surface area contributed by atoms with Crippen molar-refractivity contribution in [2.45, 2.75) is 52.1 Å². The van der Waals surface area contributed by atoms with Crippen molar-refractivity contribution in [1.29, 1.82) is 0 Å². The number of aromatic hydroxyl groups is 1. The van der Waals surface area contributed by atoms with E-state index < -0.39 is 0 Å². The highest BCUT2D eigenvalue weighted by Gasteiger charge is 2.11. The van der Waals surface area contributed by atoms with Gasteiger partial charge < -0.3 is 9.84 Å². The van der Waals surface area contributed by atoms with E-state index in [-0.39, 0.29) is 11.9 Å². The minimum absolute atomic E-state index is 0.107. The normalized spacial score (nSPS) is 12.4. The maximum atomic E-state index is 10.3. The molecule has 1 N–H and O–H groups in total. The minimum Gasteiger partial charge on any atom is -0.505 e. The Hall–Kier alpha value is -2.56. The van der Waals surface area contributed by atoms with Crippen LogP contribution < -0.4 is 4.74 Å². The molecule has 2 aromatic carbocycles. The van der Waals surface area contributed by atoms with E-state index in [4.69, 9.17) is 4.74 Å². The van der Waals surface area contributed by atoms with Crippen LogP contribution in [-0.4, -0.2) is 26.2 Å². The maximum absolute atomic E-state index is 10.3. The molecule has 3 aromatic rings. The molecule has 1 unspecified atom stereocenters. The van der Waals surface area contributed by atoms with Crippen molar-refractivity contribution in [2.24, 2.45) is 0 Å². The van der Waals surface area contributed by atoms with E-state index in [9.17, 15) is 5.11 Å². The van der Waals surface area contributed by atoms with E-state index in [1.807, 2.05) is 30.3 Å². The molecule has 0 spiro atoms. The summed E-state index contributed by atoms with van der Waals surface area (Å²) in [6.07, 6.45) is 6.08. The summed E-state index contributed by atoms with van der Waals surface area (Å²) in [5.41, 5.74) is 2.13. The topological polar surface area (TPSA) is 60.2 Å². The molecule has 0 bridgehead atoms. The van der Waals surface area contributed by atoms with Crippen LogP contribution in [0.15, 0.2) is 42.5 Å². The molecule has 132 valence electrons. The van der Waals surface area contributed by atoms with Gasteiger partial charge in [-0.25, -0.2) is 0 Å². The Morgan fingerprint density at radius 1 is 1.04 bits per heavy atom. The zero-order valence-electron chi connectivity index (χ0n) is 14.9. The molecule has 0 saturated heterocycles. The van der Waals surface area contributed by atoms with Crippen molar-refractivity contribution in [1.82, 2.24) is 15.0 Å². The highest BCUT2D eigenvalue weighted by Crippen LogP contribution is 2.27. The Morgan fingerprint density at radius 2 is 1.76 bits per heavy atom. The summed E-state index contributed by atoms with van der Waals surface area (Å²) in [4.78, 5) is 1.46. The van der Waals surface area contributed by atoms with Crippen LogP contribution in [0.25, 0.3) is 16.7 Å². The predicted molar refractivity (Wildman–Crippen MR) is 99.4 cm³/mol. The first kappa shape index (κ1) is 17.3. The molecule has 25 heavy (non-hydrogen) atoms. The largest absolute Gasteiger partial charge is 0.505 e. The highest BCUT2D eigenvalue weighted by molar-refractivity contribution is 5.73. The fourth-order valence-corrected chi connectivity index (χ4v) is 2.86. The zero-order valence-corrected chi connectivity index (χ0v) is 14.9. The van der Waals surface area contributed by atoms with Crippen LogP contribution >= 0.6 is 0 Å². The second-order valence-corrected chi connectivity index (χ2v) is 6.41. The second-order valence-electron chi connectivity index (χ2n) is 6.41. The molecule has 1 aromatic heterocycles. The summed E-state index contributed by atoms with van der Waals surface area (Å²) in [6.45, 7) is 4.28. The van der Waals surface area contributed by atoms with Gasteiger partial charge in [0.1, 0.15) is 28.2 Å². The molecule has 0 amide bonds. The summed E-state index contributed by atoms with van der Waals surface area (Å²) in [7, 11) is 0. The molecular weight excluding hydrogens is 314 g/mol. The predicted octanol–water partition coefficient (Wildman–Crippen LogP) is 4.86. The lowest BCUT2D eigenvalue weighted by Gasteiger charge is -2.15. The van der Waals surface area contributed by atoms with Crippen LogP contribution in [0.3, 0.4) is 0 Å². The van der Waals surface area contributed by atoms with Crippen LogP contribution in [0.5, 0.6) is 11.5 Å². The van der Waals surface area contributed by atoms with Crippen molar-refractivity contribution in [3.63, 3.8) is 0 Å². The van der Waals surface area contributed by atoms with Gasteiger partial charge in [0.2, 0.25) is 0 Å². The number of nitrogens with zero attached hydrogens (tertiary/aromatic N) is 3. The number of benzene rings is 2. The first-order valence-corrected chi connectivity index (χ1v) is 8.99. The number of rotatable bonds is 8. The lowest BCUT2D eigenvalue weighted by molar-refractivity contribution is 0.205. The Kier molecular flexibility index (Phi) is 5.53. The van der Waals surface area contributed by atoms with Crippen molar-refractivity contribution in [2.75, 3.05) is 0 Å². The Balaban J connectivity index is 1.68. The fourth-order valence-electron chi connectivity index (χ4n) is 2.86. The summed E-state index contributed by atoms with van der Waals surface area (Å²) >= 11 is 0. The lowest BCUT2D eigenvalue weighted by atomic mass is 10.1. The van der Waals surface area contributed by atoms with Crippen LogP contribution in [0.2, 0.25) is 0 Å². The first-order valence-electron chi connectivity index (χ1n) is 8.99. The molecule has 0 radical (unpaired) electrons. The van der Waals surface area contributed by atoms with Gasteiger partial charge in [-0.3, -0.25) is 0 Å². The Morgan fingerprint density at radius 3 is 2.40 bits per heavy atom. The van der Waals surface area contributed by atoms with Gasteiger partial charge in [-0.1, -0.05) is 38.3 Å². The number of aromatic nitrogens is 3. The maximum Gasteiger partial charge on any atom is 0.146 e. The van der Waals surface area contributed by atoms with Crippen LogP contribution in [0.4, 0.5) is 0 Å². The number of phenols is 1. The van der Waals surface area contributed by atoms with Gasteiger partial charge >= 0.3 is 0 Å². The molecule has 1 heterocycles. The van der Waals surface area contributed by atoms with E-state index in [2.05, 4.69) is 24.0 Å². The number of ether oxygens (including phenoxy) is 1. The first-order chi connectivity index (χ1) is 12.2. The second kappa shape index (κ2) is 8.01. The Bertz CT molecular complexity index is 796. The van der Waals surface area contributed by atoms with Crippen LogP contribution in [-0.2, 0) is 0 Å². The van der Waals surface area contributed by atoms with E-state index >= 15 is 0 Å². The molecule has 5 nitrogen and oxygen atoms in total. The molecular formula is C20H25N3O2. The number of fused-ring (bicyclic) bond motifs is 1. The minimum atomic E-state index is 0.107. The zero-order chi connectivity index (χ0) is 17.6. The van der Waals surface area contributed by atoms with Gasteiger partial charge in [-0.2, -0.15) is 0 Å². The van der Waals surface area contributed by atoms with E-state index in [0.717, 1.165) is 17.5 Å². The third kappa shape index (κ3) is 4.29. The average Bonchev–Trinajstić information content (AvgIpc) is 3.02. The lowest BCUT2D eigenvalue weighted by Crippen LogP contribution is -2.11. The molecule has 1 atom stereocenters. The number of hydrogen-bond donors (Lipinski definition) is 1. The monoisotopic (exact) mass is 339 g/mol. The molecule has 0 aliphatic heterocycles. The summed E-state index contributed by atoms with van der Waals surface area (Å²) < 4.78 is 5.92. The van der Waals surface area contributed by atoms with Gasteiger partial charge in [0.05, 0.1) is 6.10 Å². The average molecular weight is 339 g/mol. The van der Waals surface area contributed by atoms with Gasteiger partial charge in [0.15, 0.2) is 0 Å². The molecule has 0 aliphatic rings. The quantitative estimate of drug-likeness (QED) is 0.595. The van der Waals surface area contributed by atoms with E-state index in [0.29, 0.717) is 11.4 Å². The van der Waals surface area contributed by atoms with Crippen molar-refractivity contribution < 1.29 is 9.84 Å². The smallest absolute Gasteiger partial charge is 0.146 e. The van der Waals surface area contributed by atoms with E-state index in [1.165, 1.54) is 30.5 Å². The van der Waals surface area contributed by atoms with Gasteiger partial charge in [-0.15, -0.1) is 15.0 Å². The number of unbranched alkanes of at least 4 members (excludes halogenated alkanes) is 3. The number of phenolic OH excluding ortho intramolecular Hbond substituents is 1. The SMILES string of the molecule is CCCCCCC(C)Oc1ccc(-n2nc3ccccc3n2)c(O)c1. The number of hydrogen-bond acceptors (Lipinski definition) is 4. The summed E-state index contributed by atoms with van der Waals surface area (Å²) in [6, 6.07) is 12.9. The standard InChI is InChI=1S/C20H25N3O2/c1-3-4-5-6-9-15(2)25-16-12-13-19(20(24)14-16)23-21-17-10-7-8-11-18(17)22-23/h7-8,10-15,24H,3-6,9H2,1-2H3. The van der Waals surface area contributed by atoms with Crippen molar-refractivity contribution in [3.05, 3.63) is 42.5 Å². The highest BCUT2D eigenvalue weighted by atomic mass is 16.5. The van der Waals surface area contributed by atoms with Crippen molar-refractivity contribution in [3.8, 4) is 17.2 Å². The van der Waals surface area contributed by atoms with Gasteiger partial charge in [-0.05, 0) is 44.0 Å². The third-order valence-electron chi connectivity index (χ3n) is 4.25. The summed E-state index contributed by atoms with van der Waals surface area (Å²) in [5, 5.41) is 19.1. The van der Waals surface area contributed by atoms with E-state index in [1.54, 1.807) is 12.1 Å². The third-order valence-corrected chi connectivity index (χ3v) is 4.25. The van der Waals surface area contributed by atoms with Gasteiger partial charge in [0, 0.05) is 6.07 Å². The molecule has 0 aliphatic carbocycles. The van der Waals surface area contributed by atoms with Crippen LogP contribution in [0.1, 0.15) is 46.0 Å². The molecule has 3 rings (SSSR count). The van der Waals surface area contributed by atoms with Crippen LogP contribution in [0, 0.1) is 0 Å². The fraction of sp³-hybridized carbons (Fsp3) is 0.400. The summed E-state index contributed by atoms with van der Waals surface area (Å²) in [5.74, 6) is 0.775. The molecule has 5 heteroatoms. The Labute approximate surface area is 148 Å². The molecule has 0 fully saturated rings. The van der Waals surface area contributed by atoms with Crippen molar-refractivity contribution >= 4 is 11.0 Å². The molecule has 0 saturated carbocycles.